The van der Waals surface area contributed by atoms with Crippen LogP contribution in [-0.4, -0.2) is 24.8 Å². The first-order chi connectivity index (χ1) is 13.0. The van der Waals surface area contributed by atoms with Crippen molar-refractivity contribution in [3.63, 3.8) is 0 Å². The molecule has 0 saturated heterocycles. The molecule has 0 aliphatic carbocycles. The van der Waals surface area contributed by atoms with Crippen molar-refractivity contribution in [3.05, 3.63) is 75.9 Å². The number of carbonyl (C=O) groups is 1. The molecule has 0 spiro atoms. The monoisotopic (exact) mass is 429 g/mol. The number of anilines is 1. The summed E-state index contributed by atoms with van der Waals surface area (Å²) in [5.41, 5.74) is 9.32. The van der Waals surface area contributed by atoms with Crippen LogP contribution < -0.4 is 11.1 Å². The molecule has 0 bridgehead atoms. The molecule has 0 unspecified atom stereocenters. The third kappa shape index (κ3) is 6.66. The number of amides is 1. The average molecular weight is 430 g/mol. The Hall–Kier alpha value is -2.44. The lowest BCUT2D eigenvalue weighted by molar-refractivity contribution is -0.110. The first-order valence-electron chi connectivity index (χ1n) is 8.63. The molecule has 0 saturated carbocycles. The highest BCUT2D eigenvalue weighted by atomic mass is 79.9. The highest BCUT2D eigenvalue weighted by Gasteiger charge is 2.14. The van der Waals surface area contributed by atoms with Gasteiger partial charge in [0.15, 0.2) is 0 Å². The number of hydrogen-bond acceptors (Lipinski definition) is 4. The van der Waals surface area contributed by atoms with Crippen molar-refractivity contribution in [1.29, 1.82) is 0 Å². The van der Waals surface area contributed by atoms with Crippen LogP contribution >= 0.6 is 15.9 Å². The van der Waals surface area contributed by atoms with E-state index in [2.05, 4.69) is 26.2 Å². The molecule has 0 radical (unpaired) electrons. The summed E-state index contributed by atoms with van der Waals surface area (Å²) in [7, 11) is 0. The van der Waals surface area contributed by atoms with Crippen molar-refractivity contribution < 1.29 is 9.53 Å². The lowest BCUT2D eigenvalue weighted by Gasteiger charge is -2.11. The summed E-state index contributed by atoms with van der Waals surface area (Å²) < 4.78 is 6.58. The number of nitrogens with two attached hydrogens (primary N) is 1. The molecule has 142 valence electrons. The Morgan fingerprint density at radius 3 is 2.67 bits per heavy atom. The van der Waals surface area contributed by atoms with E-state index in [0.29, 0.717) is 31.0 Å². The van der Waals surface area contributed by atoms with Crippen LogP contribution in [0, 0.1) is 6.92 Å². The second-order valence-electron chi connectivity index (χ2n) is 6.03. The van der Waals surface area contributed by atoms with Gasteiger partial charge in [0, 0.05) is 10.2 Å². The maximum Gasteiger partial charge on any atom is 0.274 e. The molecule has 0 atom stereocenters. The minimum atomic E-state index is -0.289. The largest absolute Gasteiger partial charge is 0.404 e. The minimum Gasteiger partial charge on any atom is -0.404 e. The zero-order valence-corrected chi connectivity index (χ0v) is 17.1. The van der Waals surface area contributed by atoms with Gasteiger partial charge in [-0.1, -0.05) is 46.3 Å². The number of aliphatic imine (C=N–C) groups is 1. The third-order valence-electron chi connectivity index (χ3n) is 3.89. The summed E-state index contributed by atoms with van der Waals surface area (Å²) in [6.07, 6.45) is 1.39. The maximum absolute atomic E-state index is 12.6. The van der Waals surface area contributed by atoms with Gasteiger partial charge >= 0.3 is 0 Å². The van der Waals surface area contributed by atoms with E-state index in [9.17, 15) is 4.79 Å². The van der Waals surface area contributed by atoms with Gasteiger partial charge in [0.25, 0.3) is 5.91 Å². The Morgan fingerprint density at radius 1 is 1.26 bits per heavy atom. The van der Waals surface area contributed by atoms with Crippen molar-refractivity contribution in [1.82, 2.24) is 0 Å². The molecule has 27 heavy (non-hydrogen) atoms. The standard InChI is InChI=1S/C21H24BrN3O2/c1-15-12-18(22)8-9-19(15)25-21(26)20(16(2)13-23)24-10-11-27-14-17-6-4-3-5-7-17/h3-9,12-13H,10-11,14,23H2,1-2H3,(H,25,26). The fourth-order valence-electron chi connectivity index (χ4n) is 2.39. The van der Waals surface area contributed by atoms with E-state index in [1.54, 1.807) is 6.92 Å². The lowest BCUT2D eigenvalue weighted by Crippen LogP contribution is -2.25. The molecule has 5 nitrogen and oxygen atoms in total. The molecule has 6 heteroatoms. The second kappa shape index (κ2) is 10.6. The number of hydrogen-bond donors (Lipinski definition) is 2. The molecule has 0 fully saturated rings. The van der Waals surface area contributed by atoms with Gasteiger partial charge in [-0.05, 0) is 54.9 Å². The first kappa shape index (κ1) is 20.9. The molecule has 1 amide bonds. The summed E-state index contributed by atoms with van der Waals surface area (Å²) in [5.74, 6) is -0.289. The Kier molecular flexibility index (Phi) is 8.23. The molecule has 0 aromatic heterocycles. The Morgan fingerprint density at radius 2 is 2.00 bits per heavy atom. The van der Waals surface area contributed by atoms with Crippen LogP contribution in [0.1, 0.15) is 18.1 Å². The Bertz CT molecular complexity index is 833. The quantitative estimate of drug-likeness (QED) is 0.487. The molecular weight excluding hydrogens is 406 g/mol. The predicted molar refractivity (Wildman–Crippen MR) is 114 cm³/mol. The normalized spacial score (nSPS) is 12.1. The molecule has 2 rings (SSSR count). The highest BCUT2D eigenvalue weighted by molar-refractivity contribution is 9.10. The van der Waals surface area contributed by atoms with Gasteiger partial charge in [0.05, 0.1) is 19.8 Å². The summed E-state index contributed by atoms with van der Waals surface area (Å²) in [4.78, 5) is 17.0. The smallest absolute Gasteiger partial charge is 0.274 e. The summed E-state index contributed by atoms with van der Waals surface area (Å²) in [5, 5.41) is 2.89. The average Bonchev–Trinajstić information content (AvgIpc) is 2.67. The fourth-order valence-corrected chi connectivity index (χ4v) is 2.87. The number of carbonyl (C=O) groups excluding carboxylic acids is 1. The molecule has 3 N–H and O–H groups in total. The van der Waals surface area contributed by atoms with E-state index in [-0.39, 0.29) is 5.91 Å². The van der Waals surface area contributed by atoms with E-state index in [1.165, 1.54) is 6.20 Å². The topological polar surface area (TPSA) is 76.7 Å². The van der Waals surface area contributed by atoms with Crippen LogP contribution in [0.4, 0.5) is 5.69 Å². The second-order valence-corrected chi connectivity index (χ2v) is 6.95. The number of ether oxygens (including phenoxy) is 1. The van der Waals surface area contributed by atoms with Crippen LogP contribution in [0.15, 0.2) is 69.8 Å². The molecule has 0 heterocycles. The molecule has 0 aliphatic heterocycles. The minimum absolute atomic E-state index is 0.289. The zero-order chi connectivity index (χ0) is 19.6. The SMILES string of the molecule is CC(=CN)C(=NCCOCc1ccccc1)C(=O)Nc1ccc(Br)cc1C. The zero-order valence-electron chi connectivity index (χ0n) is 15.5. The van der Waals surface area contributed by atoms with Crippen molar-refractivity contribution >= 4 is 33.2 Å². The molecule has 0 aliphatic rings. The fraction of sp³-hybridized carbons (Fsp3) is 0.238. The van der Waals surface area contributed by atoms with Crippen LogP contribution in [0.5, 0.6) is 0 Å². The number of rotatable bonds is 8. The van der Waals surface area contributed by atoms with E-state index >= 15 is 0 Å². The number of benzene rings is 2. The molecular formula is C21H24BrN3O2. The highest BCUT2D eigenvalue weighted by Crippen LogP contribution is 2.20. The number of aryl methyl sites for hydroxylation is 1. The van der Waals surface area contributed by atoms with Crippen LogP contribution in [0.25, 0.3) is 0 Å². The summed E-state index contributed by atoms with van der Waals surface area (Å²) in [6.45, 7) is 5.00. The van der Waals surface area contributed by atoms with E-state index in [0.717, 1.165) is 21.3 Å². The van der Waals surface area contributed by atoms with Gasteiger partial charge in [-0.2, -0.15) is 0 Å². The van der Waals surface area contributed by atoms with Gasteiger partial charge in [0.1, 0.15) is 5.71 Å². The van der Waals surface area contributed by atoms with Gasteiger partial charge < -0.3 is 15.8 Å². The van der Waals surface area contributed by atoms with Gasteiger partial charge in [-0.15, -0.1) is 0 Å². The van der Waals surface area contributed by atoms with E-state index < -0.39 is 0 Å². The number of halogens is 1. The van der Waals surface area contributed by atoms with Crippen molar-refractivity contribution in [3.8, 4) is 0 Å². The first-order valence-corrected chi connectivity index (χ1v) is 9.43. The molecule has 2 aromatic carbocycles. The van der Waals surface area contributed by atoms with Crippen LogP contribution in [0.2, 0.25) is 0 Å². The summed E-state index contributed by atoms with van der Waals surface area (Å²) >= 11 is 3.42. The molecule has 2 aromatic rings. The van der Waals surface area contributed by atoms with Gasteiger partial charge in [-0.3, -0.25) is 9.79 Å². The predicted octanol–water partition coefficient (Wildman–Crippen LogP) is 4.22. The Labute approximate surface area is 168 Å². The lowest BCUT2D eigenvalue weighted by atomic mass is 10.1. The van der Waals surface area contributed by atoms with Crippen molar-refractivity contribution in [2.24, 2.45) is 10.7 Å². The van der Waals surface area contributed by atoms with Crippen LogP contribution in [-0.2, 0) is 16.1 Å². The Balaban J connectivity index is 1.96. The van der Waals surface area contributed by atoms with Gasteiger partial charge in [0.2, 0.25) is 0 Å². The van der Waals surface area contributed by atoms with E-state index in [1.807, 2.05) is 55.5 Å². The van der Waals surface area contributed by atoms with Crippen molar-refractivity contribution in [2.75, 3.05) is 18.5 Å². The third-order valence-corrected chi connectivity index (χ3v) is 4.39. The summed E-state index contributed by atoms with van der Waals surface area (Å²) in [6, 6.07) is 15.6. The van der Waals surface area contributed by atoms with Crippen molar-refractivity contribution in [2.45, 2.75) is 20.5 Å². The van der Waals surface area contributed by atoms with Crippen LogP contribution in [0.3, 0.4) is 0 Å². The number of nitrogens with one attached hydrogen (secondary N) is 1. The number of nitrogens with zero attached hydrogens (tertiary/aromatic N) is 1. The maximum atomic E-state index is 12.6. The van der Waals surface area contributed by atoms with E-state index in [4.69, 9.17) is 10.5 Å². The van der Waals surface area contributed by atoms with Gasteiger partial charge in [-0.25, -0.2) is 0 Å².